The predicted molar refractivity (Wildman–Crippen MR) is 182 cm³/mol. The topological polar surface area (TPSA) is 212 Å². The van der Waals surface area contributed by atoms with Gasteiger partial charge >= 0.3 is 13.8 Å². The lowest BCUT2D eigenvalue weighted by atomic mass is 9.96. The van der Waals surface area contributed by atoms with Crippen molar-refractivity contribution in [2.45, 2.75) is 198 Å². The third kappa shape index (κ3) is 21.2. The second kappa shape index (κ2) is 26.6. The van der Waals surface area contributed by atoms with Crippen molar-refractivity contribution in [2.24, 2.45) is 0 Å². The van der Waals surface area contributed by atoms with Gasteiger partial charge in [0.05, 0.1) is 31.7 Å². The first-order valence-electron chi connectivity index (χ1n) is 18.4. The summed E-state index contributed by atoms with van der Waals surface area (Å²) in [5.74, 6) is -1.66. The molecule has 7 N–H and O–H groups in total. The molecule has 1 heterocycles. The summed E-state index contributed by atoms with van der Waals surface area (Å²) in [6, 6.07) is -1.60. The summed E-state index contributed by atoms with van der Waals surface area (Å²) in [6.07, 6.45) is 11.0. The van der Waals surface area contributed by atoms with E-state index in [-0.39, 0.29) is 6.42 Å². The summed E-state index contributed by atoms with van der Waals surface area (Å²) in [6.45, 7) is 3.55. The molecule has 0 aliphatic carbocycles. The van der Waals surface area contributed by atoms with Gasteiger partial charge in [-0.25, -0.2) is 4.57 Å². The molecule has 1 rings (SSSR count). The zero-order chi connectivity index (χ0) is 35.8. The minimum absolute atomic E-state index is 0.353. The fraction of sp³-hybridized carbons (Fsp3) is 0.941. The number of phosphoric ester groups is 1. The van der Waals surface area contributed by atoms with Crippen molar-refractivity contribution in [3.63, 3.8) is 0 Å². The zero-order valence-corrected chi connectivity index (χ0v) is 30.3. The summed E-state index contributed by atoms with van der Waals surface area (Å²) in [5, 5.41) is 43.9. The monoisotopic (exact) mass is 711 g/mol. The highest BCUT2D eigenvalue weighted by Crippen LogP contribution is 2.41. The number of carbonyl (C=O) groups excluding carboxylic acids is 2. The van der Waals surface area contributed by atoms with Crippen LogP contribution in [0.5, 0.6) is 0 Å². The third-order valence-electron chi connectivity index (χ3n) is 8.80. The van der Waals surface area contributed by atoms with E-state index in [9.17, 15) is 44.4 Å². The van der Waals surface area contributed by atoms with Gasteiger partial charge in [0, 0.05) is 0 Å². The van der Waals surface area contributed by atoms with Crippen molar-refractivity contribution in [1.29, 1.82) is 0 Å². The van der Waals surface area contributed by atoms with Gasteiger partial charge < -0.3 is 45.0 Å². The van der Waals surface area contributed by atoms with Crippen LogP contribution in [-0.4, -0.2) is 91.5 Å². The number of carbonyl (C=O) groups is 2. The Kier molecular flexibility index (Phi) is 24.9. The van der Waals surface area contributed by atoms with Crippen molar-refractivity contribution < 1.29 is 58.4 Å². The molecule has 0 bridgehead atoms. The molecular weight excluding hydrogens is 645 g/mol. The average molecular weight is 712 g/mol. The summed E-state index contributed by atoms with van der Waals surface area (Å²) in [5.41, 5.74) is 0. The van der Waals surface area contributed by atoms with Crippen LogP contribution >= 0.6 is 7.82 Å². The van der Waals surface area contributed by atoms with Gasteiger partial charge in [0.2, 0.25) is 5.91 Å². The molecule has 1 aliphatic rings. The largest absolute Gasteiger partial charge is 0.472 e. The quantitative estimate of drug-likeness (QED) is 0.0313. The van der Waals surface area contributed by atoms with E-state index < -0.39 is 75.6 Å². The van der Waals surface area contributed by atoms with E-state index in [2.05, 4.69) is 19.2 Å². The van der Waals surface area contributed by atoms with Crippen LogP contribution in [0.15, 0.2) is 0 Å². The van der Waals surface area contributed by atoms with E-state index in [0.717, 1.165) is 44.9 Å². The highest BCUT2D eigenvalue weighted by molar-refractivity contribution is 7.46. The van der Waals surface area contributed by atoms with Gasteiger partial charge in [-0.05, 0) is 12.8 Å². The Morgan fingerprint density at radius 1 is 0.750 bits per heavy atom. The van der Waals surface area contributed by atoms with Crippen LogP contribution < -0.4 is 5.32 Å². The molecule has 2 unspecified atom stereocenters. The molecular formula is C34H66NO12P. The maximum atomic E-state index is 12.9. The van der Waals surface area contributed by atoms with Gasteiger partial charge in [0.1, 0.15) is 18.2 Å². The number of ether oxygens (including phenoxy) is 2. The normalized spacial score (nSPS) is 22.7. The number of rotatable bonds is 29. The van der Waals surface area contributed by atoms with Crippen molar-refractivity contribution in [3.05, 3.63) is 0 Å². The first-order valence-corrected chi connectivity index (χ1v) is 20.0. The average Bonchev–Trinajstić information content (AvgIpc) is 3.01. The highest BCUT2D eigenvalue weighted by Gasteiger charge is 2.50. The van der Waals surface area contributed by atoms with E-state index in [1.165, 1.54) is 64.2 Å². The molecule has 7 atom stereocenters. The Bertz CT molecular complexity index is 890. The zero-order valence-electron chi connectivity index (χ0n) is 29.4. The van der Waals surface area contributed by atoms with Crippen LogP contribution in [-0.2, 0) is 28.2 Å². The third-order valence-corrected chi connectivity index (χ3v) is 9.28. The van der Waals surface area contributed by atoms with Crippen LogP contribution in [0.1, 0.15) is 155 Å². The van der Waals surface area contributed by atoms with Gasteiger partial charge in [-0.1, -0.05) is 129 Å². The number of aliphatic hydroxyl groups is 4. The van der Waals surface area contributed by atoms with Gasteiger partial charge in [-0.15, -0.1) is 0 Å². The lowest BCUT2D eigenvalue weighted by molar-refractivity contribution is -0.254. The van der Waals surface area contributed by atoms with Gasteiger partial charge in [-0.3, -0.25) is 14.1 Å². The summed E-state index contributed by atoms with van der Waals surface area (Å²) < 4.78 is 27.2. The Morgan fingerprint density at radius 3 is 1.62 bits per heavy atom. The number of phosphoric acid groups is 1. The number of esters is 1. The van der Waals surface area contributed by atoms with E-state index in [1.54, 1.807) is 0 Å². The number of nitrogens with one attached hydrogen (secondary N) is 1. The molecule has 1 amide bonds. The maximum absolute atomic E-state index is 12.9. The summed E-state index contributed by atoms with van der Waals surface area (Å²) >= 11 is 0. The van der Waals surface area contributed by atoms with E-state index >= 15 is 0 Å². The summed E-state index contributed by atoms with van der Waals surface area (Å²) in [4.78, 5) is 44.7. The molecule has 284 valence electrons. The molecule has 0 radical (unpaired) electrons. The number of unbranched alkanes of at least 4 members (excludes halogenated alkanes) is 16. The molecule has 0 aromatic heterocycles. The van der Waals surface area contributed by atoms with Gasteiger partial charge in [0.25, 0.3) is 0 Å². The van der Waals surface area contributed by atoms with Gasteiger partial charge in [-0.2, -0.15) is 0 Å². The van der Waals surface area contributed by atoms with Crippen LogP contribution in [0.2, 0.25) is 0 Å². The van der Waals surface area contributed by atoms with Crippen molar-refractivity contribution in [2.75, 3.05) is 6.61 Å². The van der Waals surface area contributed by atoms with Crippen LogP contribution in [0.4, 0.5) is 0 Å². The second-order valence-electron chi connectivity index (χ2n) is 13.3. The van der Waals surface area contributed by atoms with Gasteiger partial charge in [0.15, 0.2) is 12.4 Å². The number of hydrogen-bond acceptors (Lipinski definition) is 10. The number of amides is 1. The smallest absolute Gasteiger partial charge is 0.457 e. The van der Waals surface area contributed by atoms with Crippen LogP contribution in [0.3, 0.4) is 0 Å². The number of hydrogen-bond donors (Lipinski definition) is 7. The van der Waals surface area contributed by atoms with Crippen LogP contribution in [0, 0.1) is 0 Å². The lowest BCUT2D eigenvalue weighted by Crippen LogP contribution is -2.65. The fourth-order valence-corrected chi connectivity index (χ4v) is 6.47. The standard InChI is InChI=1S/C34H66NO12P/c1-3-5-7-9-11-13-15-17-19-21-26(37)23-29(39)35-31-33(32(41)28(25-36)45-34(31)47-48(42,43)44)46-30(40)24-27(38)22-20-18-16-14-12-10-8-6-4-2/h26-28,31-34,36-38,41H,3-25H2,1-2H3,(H,35,39)(H2,42,43,44)/t26-,27-,28?,31-,32-,33?,34-/m1/s1. The van der Waals surface area contributed by atoms with E-state index in [4.69, 9.17) is 14.0 Å². The van der Waals surface area contributed by atoms with Crippen LogP contribution in [0.25, 0.3) is 0 Å². The molecule has 0 aromatic rings. The lowest BCUT2D eigenvalue weighted by Gasteiger charge is -2.43. The SMILES string of the molecule is CCCCCCCCCCC[C@@H](O)CC(=O)N[C@@H]1C(OC(=O)C[C@H](O)CCCCCCCCCCC)[C@H](O)C(CO)O[C@@H]1OP(=O)(O)O. The Morgan fingerprint density at radius 2 is 1.19 bits per heavy atom. The van der Waals surface area contributed by atoms with Crippen molar-refractivity contribution in [1.82, 2.24) is 5.32 Å². The van der Waals surface area contributed by atoms with Crippen molar-refractivity contribution in [3.8, 4) is 0 Å². The maximum Gasteiger partial charge on any atom is 0.472 e. The Balaban J connectivity index is 2.70. The Labute approximate surface area is 287 Å². The van der Waals surface area contributed by atoms with E-state index in [1.807, 2.05) is 0 Å². The number of aliphatic hydroxyl groups excluding tert-OH is 4. The summed E-state index contributed by atoms with van der Waals surface area (Å²) in [7, 11) is -5.21. The molecule has 14 heteroatoms. The minimum Gasteiger partial charge on any atom is -0.457 e. The highest BCUT2D eigenvalue weighted by atomic mass is 31.2. The van der Waals surface area contributed by atoms with Crippen molar-refractivity contribution >= 4 is 19.7 Å². The molecule has 0 saturated carbocycles. The fourth-order valence-electron chi connectivity index (χ4n) is 6.02. The molecule has 0 aromatic carbocycles. The molecule has 1 fully saturated rings. The molecule has 1 aliphatic heterocycles. The first-order chi connectivity index (χ1) is 22.9. The molecule has 0 spiro atoms. The molecule has 13 nitrogen and oxygen atoms in total. The second-order valence-corrected chi connectivity index (χ2v) is 14.5. The Hall–Kier alpha value is -1.15. The molecule has 1 saturated heterocycles. The first kappa shape index (κ1) is 44.9. The minimum atomic E-state index is -5.21. The predicted octanol–water partition coefficient (Wildman–Crippen LogP) is 4.91. The van der Waals surface area contributed by atoms with E-state index in [0.29, 0.717) is 19.3 Å². The molecule has 48 heavy (non-hydrogen) atoms.